The zero-order valence-electron chi connectivity index (χ0n) is 11.0. The van der Waals surface area contributed by atoms with Gasteiger partial charge in [0, 0.05) is 31.5 Å². The van der Waals surface area contributed by atoms with E-state index in [2.05, 4.69) is 5.32 Å². The summed E-state index contributed by atoms with van der Waals surface area (Å²) in [6, 6.07) is 4.48. The van der Waals surface area contributed by atoms with Crippen molar-refractivity contribution in [2.75, 3.05) is 25.6 Å². The molecule has 3 N–H and O–H groups in total. The third-order valence-electron chi connectivity index (χ3n) is 3.69. The Labute approximate surface area is 118 Å². The van der Waals surface area contributed by atoms with Crippen LogP contribution in [0.25, 0.3) is 0 Å². The highest BCUT2D eigenvalue weighted by molar-refractivity contribution is 7.80. The van der Waals surface area contributed by atoms with Crippen LogP contribution in [-0.4, -0.2) is 25.2 Å². The van der Waals surface area contributed by atoms with Crippen LogP contribution in [0.2, 0.25) is 0 Å². The summed E-state index contributed by atoms with van der Waals surface area (Å²) in [5, 5.41) is 3.34. The minimum Gasteiger partial charge on any atom is -0.389 e. The summed E-state index contributed by atoms with van der Waals surface area (Å²) in [6.07, 6.45) is 3.44. The Balaban J connectivity index is 2.01. The van der Waals surface area contributed by atoms with Gasteiger partial charge in [0.15, 0.2) is 0 Å². The van der Waals surface area contributed by atoms with E-state index in [9.17, 15) is 4.39 Å². The van der Waals surface area contributed by atoms with E-state index in [1.807, 2.05) is 0 Å². The first-order valence-electron chi connectivity index (χ1n) is 6.38. The van der Waals surface area contributed by atoms with Crippen molar-refractivity contribution in [3.63, 3.8) is 0 Å². The first-order chi connectivity index (χ1) is 9.06. The molecule has 104 valence electrons. The van der Waals surface area contributed by atoms with Crippen molar-refractivity contribution in [2.24, 2.45) is 11.1 Å². The van der Waals surface area contributed by atoms with Crippen LogP contribution >= 0.6 is 12.2 Å². The normalized spacial score (nSPS) is 16.1. The molecule has 19 heavy (non-hydrogen) atoms. The summed E-state index contributed by atoms with van der Waals surface area (Å²) < 4.78 is 18.3. The highest BCUT2D eigenvalue weighted by atomic mass is 32.1. The second-order valence-electron chi connectivity index (χ2n) is 5.15. The van der Waals surface area contributed by atoms with Crippen molar-refractivity contribution in [1.29, 1.82) is 0 Å². The van der Waals surface area contributed by atoms with Crippen LogP contribution in [0.15, 0.2) is 18.2 Å². The van der Waals surface area contributed by atoms with Gasteiger partial charge < -0.3 is 15.8 Å². The van der Waals surface area contributed by atoms with Gasteiger partial charge in [0.05, 0.1) is 0 Å². The molecule has 1 aliphatic rings. The second-order valence-corrected chi connectivity index (χ2v) is 5.59. The minimum atomic E-state index is -0.325. The maximum Gasteiger partial charge on any atom is 0.124 e. The Bertz CT molecular complexity index is 475. The number of anilines is 1. The van der Waals surface area contributed by atoms with Crippen LogP contribution in [0.5, 0.6) is 0 Å². The fraction of sp³-hybridized carbons (Fsp3) is 0.500. The summed E-state index contributed by atoms with van der Waals surface area (Å²) in [7, 11) is 1.72. The molecule has 1 aromatic rings. The third-order valence-corrected chi connectivity index (χ3v) is 3.91. The topological polar surface area (TPSA) is 47.3 Å². The predicted octanol–water partition coefficient (Wildman–Crippen LogP) is 2.69. The first kappa shape index (κ1) is 14.2. The number of hydrogen-bond donors (Lipinski definition) is 2. The molecule has 0 radical (unpaired) electrons. The molecule has 0 aromatic heterocycles. The molecule has 1 aliphatic carbocycles. The fourth-order valence-electron chi connectivity index (χ4n) is 2.17. The molecule has 0 amide bonds. The van der Waals surface area contributed by atoms with Crippen LogP contribution in [-0.2, 0) is 4.74 Å². The molecule has 1 aromatic carbocycles. The van der Waals surface area contributed by atoms with Crippen LogP contribution in [0, 0.1) is 11.2 Å². The molecule has 0 aliphatic heterocycles. The highest BCUT2D eigenvalue weighted by Gasteiger charge is 2.41. The summed E-state index contributed by atoms with van der Waals surface area (Å²) in [4.78, 5) is 0.212. The van der Waals surface area contributed by atoms with Crippen LogP contribution in [0.4, 0.5) is 10.1 Å². The molecule has 2 rings (SSSR count). The molecule has 1 fully saturated rings. The zero-order valence-corrected chi connectivity index (χ0v) is 11.9. The number of nitrogens with one attached hydrogen (secondary N) is 1. The van der Waals surface area contributed by atoms with E-state index in [0.717, 1.165) is 25.3 Å². The van der Waals surface area contributed by atoms with E-state index in [-0.39, 0.29) is 10.8 Å². The molecule has 1 saturated carbocycles. The van der Waals surface area contributed by atoms with Crippen molar-refractivity contribution >= 4 is 22.9 Å². The molecule has 0 saturated heterocycles. The first-order valence-corrected chi connectivity index (χ1v) is 6.79. The second kappa shape index (κ2) is 5.84. The Morgan fingerprint density at radius 1 is 1.53 bits per heavy atom. The Morgan fingerprint density at radius 3 is 2.84 bits per heavy atom. The van der Waals surface area contributed by atoms with Gasteiger partial charge in [0.2, 0.25) is 0 Å². The van der Waals surface area contributed by atoms with Gasteiger partial charge in [0.1, 0.15) is 10.8 Å². The van der Waals surface area contributed by atoms with Crippen molar-refractivity contribution < 1.29 is 9.13 Å². The van der Waals surface area contributed by atoms with Gasteiger partial charge in [-0.3, -0.25) is 0 Å². The molecule has 3 nitrogen and oxygen atoms in total. The van der Waals surface area contributed by atoms with Crippen molar-refractivity contribution in [3.8, 4) is 0 Å². The Morgan fingerprint density at radius 2 is 2.26 bits per heavy atom. The van der Waals surface area contributed by atoms with Gasteiger partial charge in [-0.1, -0.05) is 12.2 Å². The molecule has 0 heterocycles. The summed E-state index contributed by atoms with van der Waals surface area (Å²) in [5.74, 6) is -0.325. The Hall–Kier alpha value is -1.20. The van der Waals surface area contributed by atoms with Crippen molar-refractivity contribution in [2.45, 2.75) is 19.3 Å². The summed E-state index contributed by atoms with van der Waals surface area (Å²) in [6.45, 7) is 1.62. The highest BCUT2D eigenvalue weighted by Crippen LogP contribution is 2.48. The Kier molecular flexibility index (Phi) is 4.37. The van der Waals surface area contributed by atoms with Gasteiger partial charge in [0.25, 0.3) is 0 Å². The van der Waals surface area contributed by atoms with Crippen molar-refractivity contribution in [1.82, 2.24) is 0 Å². The third kappa shape index (κ3) is 3.64. The molecule has 0 atom stereocenters. The standard InChI is InChI=1S/C14H19FN2OS/c1-18-7-6-14(4-5-14)9-17-12-3-2-10(15)8-11(12)13(16)19/h2-3,8,17H,4-7,9H2,1H3,(H2,16,19). The maximum atomic E-state index is 13.2. The molecule has 0 unspecified atom stereocenters. The lowest BCUT2D eigenvalue weighted by Gasteiger charge is -2.18. The van der Waals surface area contributed by atoms with Crippen LogP contribution in [0.3, 0.4) is 0 Å². The molecule has 0 spiro atoms. The van der Waals surface area contributed by atoms with Gasteiger partial charge in [-0.05, 0) is 42.9 Å². The SMILES string of the molecule is COCCC1(CNc2ccc(F)cc2C(N)=S)CC1. The number of halogens is 1. The zero-order chi connectivity index (χ0) is 13.9. The molecular formula is C14H19FN2OS. The van der Waals surface area contributed by atoms with E-state index in [4.69, 9.17) is 22.7 Å². The van der Waals surface area contributed by atoms with E-state index in [0.29, 0.717) is 11.0 Å². The maximum absolute atomic E-state index is 13.2. The van der Waals surface area contributed by atoms with Crippen LogP contribution in [0.1, 0.15) is 24.8 Å². The van der Waals surface area contributed by atoms with Gasteiger partial charge in [-0.2, -0.15) is 0 Å². The van der Waals surface area contributed by atoms with E-state index >= 15 is 0 Å². The fourth-order valence-corrected chi connectivity index (χ4v) is 2.34. The summed E-state index contributed by atoms with van der Waals surface area (Å²) >= 11 is 4.95. The number of benzene rings is 1. The molecular weight excluding hydrogens is 263 g/mol. The number of rotatable bonds is 7. The lowest BCUT2D eigenvalue weighted by atomic mass is 10.0. The van der Waals surface area contributed by atoms with E-state index < -0.39 is 0 Å². The minimum absolute atomic E-state index is 0.212. The summed E-state index contributed by atoms with van der Waals surface area (Å²) in [5.41, 5.74) is 7.31. The average Bonchev–Trinajstić information content (AvgIpc) is 3.15. The lowest BCUT2D eigenvalue weighted by molar-refractivity contribution is 0.175. The van der Waals surface area contributed by atoms with Gasteiger partial charge >= 0.3 is 0 Å². The monoisotopic (exact) mass is 282 g/mol. The quantitative estimate of drug-likeness (QED) is 0.755. The smallest absolute Gasteiger partial charge is 0.124 e. The van der Waals surface area contributed by atoms with Crippen molar-refractivity contribution in [3.05, 3.63) is 29.6 Å². The predicted molar refractivity (Wildman–Crippen MR) is 78.9 cm³/mol. The van der Waals surface area contributed by atoms with Crippen LogP contribution < -0.4 is 11.1 Å². The van der Waals surface area contributed by atoms with E-state index in [1.165, 1.54) is 25.0 Å². The number of hydrogen-bond acceptors (Lipinski definition) is 3. The molecule has 5 heteroatoms. The number of methoxy groups -OCH3 is 1. The number of thiocarbonyl (C=S) groups is 1. The van der Waals surface area contributed by atoms with Gasteiger partial charge in [-0.15, -0.1) is 0 Å². The average molecular weight is 282 g/mol. The van der Waals surface area contributed by atoms with E-state index in [1.54, 1.807) is 13.2 Å². The van der Waals surface area contributed by atoms with Gasteiger partial charge in [-0.25, -0.2) is 4.39 Å². The largest absolute Gasteiger partial charge is 0.389 e. The number of ether oxygens (including phenoxy) is 1. The lowest BCUT2D eigenvalue weighted by Crippen LogP contribution is -2.20. The number of nitrogens with two attached hydrogens (primary N) is 1. The molecule has 0 bridgehead atoms.